The quantitative estimate of drug-likeness (QED) is 0.883. The van der Waals surface area contributed by atoms with E-state index in [4.69, 9.17) is 11.6 Å². The molecular formula is C17H19ClN2O3S. The standard InChI is InChI=1S/C17H19ClN2O3S/c1-12-7-6-9-15(13(12)2)19-17(21)11-20(3)24(22,23)16-10-5-4-8-14(16)18/h4-10H,11H2,1-3H3,(H,19,21). The third-order valence-electron chi connectivity index (χ3n) is 3.77. The summed E-state index contributed by atoms with van der Waals surface area (Å²) in [5.74, 6) is -0.415. The predicted molar refractivity (Wildman–Crippen MR) is 95.8 cm³/mol. The zero-order valence-corrected chi connectivity index (χ0v) is 15.3. The lowest BCUT2D eigenvalue weighted by Gasteiger charge is -2.18. The van der Waals surface area contributed by atoms with Gasteiger partial charge in [-0.15, -0.1) is 0 Å². The molecule has 24 heavy (non-hydrogen) atoms. The van der Waals surface area contributed by atoms with E-state index in [0.29, 0.717) is 5.69 Å². The molecule has 0 radical (unpaired) electrons. The fourth-order valence-corrected chi connectivity index (χ4v) is 3.80. The number of amides is 1. The highest BCUT2D eigenvalue weighted by molar-refractivity contribution is 7.89. The van der Waals surface area contributed by atoms with Crippen LogP contribution in [0, 0.1) is 13.8 Å². The van der Waals surface area contributed by atoms with Crippen molar-refractivity contribution in [1.82, 2.24) is 4.31 Å². The van der Waals surface area contributed by atoms with Gasteiger partial charge in [0.1, 0.15) is 4.90 Å². The molecule has 0 saturated carbocycles. The minimum Gasteiger partial charge on any atom is -0.325 e. The van der Waals surface area contributed by atoms with Crippen molar-refractivity contribution >= 4 is 33.2 Å². The Morgan fingerprint density at radius 2 is 1.79 bits per heavy atom. The van der Waals surface area contributed by atoms with Crippen LogP contribution in [-0.2, 0) is 14.8 Å². The van der Waals surface area contributed by atoms with E-state index in [0.717, 1.165) is 15.4 Å². The number of carbonyl (C=O) groups excluding carboxylic acids is 1. The van der Waals surface area contributed by atoms with Crippen LogP contribution < -0.4 is 5.32 Å². The van der Waals surface area contributed by atoms with Crippen molar-refractivity contribution in [2.75, 3.05) is 18.9 Å². The van der Waals surface area contributed by atoms with Gasteiger partial charge in [-0.05, 0) is 43.2 Å². The van der Waals surface area contributed by atoms with E-state index in [9.17, 15) is 13.2 Å². The summed E-state index contributed by atoms with van der Waals surface area (Å²) in [5, 5.41) is 2.87. The van der Waals surface area contributed by atoms with Gasteiger partial charge in [-0.2, -0.15) is 4.31 Å². The van der Waals surface area contributed by atoms with Gasteiger partial charge in [0.2, 0.25) is 15.9 Å². The number of aryl methyl sites for hydroxylation is 1. The average Bonchev–Trinajstić information content (AvgIpc) is 2.52. The molecule has 2 aromatic carbocycles. The highest BCUT2D eigenvalue weighted by atomic mass is 35.5. The van der Waals surface area contributed by atoms with Crippen LogP contribution in [0.5, 0.6) is 0 Å². The molecule has 0 fully saturated rings. The summed E-state index contributed by atoms with van der Waals surface area (Å²) in [7, 11) is -2.49. The van der Waals surface area contributed by atoms with Gasteiger partial charge < -0.3 is 5.32 Å². The number of nitrogens with one attached hydrogen (secondary N) is 1. The van der Waals surface area contributed by atoms with Gasteiger partial charge in [-0.25, -0.2) is 8.42 Å². The number of rotatable bonds is 5. The zero-order chi connectivity index (χ0) is 17.9. The van der Waals surface area contributed by atoms with Gasteiger partial charge >= 0.3 is 0 Å². The first kappa shape index (κ1) is 18.4. The second kappa shape index (κ2) is 7.34. The Morgan fingerprint density at radius 3 is 2.46 bits per heavy atom. The topological polar surface area (TPSA) is 66.5 Å². The number of halogens is 1. The fourth-order valence-electron chi connectivity index (χ4n) is 2.19. The number of hydrogen-bond acceptors (Lipinski definition) is 3. The average molecular weight is 367 g/mol. The predicted octanol–water partition coefficient (Wildman–Crippen LogP) is 3.22. The van der Waals surface area contributed by atoms with Gasteiger partial charge in [-0.3, -0.25) is 4.79 Å². The third-order valence-corrected chi connectivity index (χ3v) is 6.07. The maximum absolute atomic E-state index is 12.5. The first-order chi connectivity index (χ1) is 11.2. The minimum atomic E-state index is -3.83. The summed E-state index contributed by atoms with van der Waals surface area (Å²) in [6.45, 7) is 3.54. The maximum atomic E-state index is 12.5. The molecule has 0 atom stereocenters. The number of hydrogen-bond donors (Lipinski definition) is 1. The van der Waals surface area contributed by atoms with E-state index < -0.39 is 15.9 Å². The number of likely N-dealkylation sites (N-methyl/N-ethyl adjacent to an activating group) is 1. The zero-order valence-electron chi connectivity index (χ0n) is 13.7. The summed E-state index contributed by atoms with van der Waals surface area (Å²) in [5.41, 5.74) is 2.66. The van der Waals surface area contributed by atoms with Gasteiger partial charge in [0.05, 0.1) is 11.6 Å². The summed E-state index contributed by atoms with van der Waals surface area (Å²) in [6.07, 6.45) is 0. The van der Waals surface area contributed by atoms with Crippen LogP contribution in [0.1, 0.15) is 11.1 Å². The van der Waals surface area contributed by atoms with Crippen LogP contribution in [0.3, 0.4) is 0 Å². The SMILES string of the molecule is Cc1cccc(NC(=O)CN(C)S(=O)(=O)c2ccccc2Cl)c1C. The molecule has 0 aromatic heterocycles. The Kier molecular flexibility index (Phi) is 5.64. The number of carbonyl (C=O) groups is 1. The van der Waals surface area contributed by atoms with Crippen LogP contribution in [0.2, 0.25) is 5.02 Å². The van der Waals surface area contributed by atoms with Crippen LogP contribution >= 0.6 is 11.6 Å². The highest BCUT2D eigenvalue weighted by Gasteiger charge is 2.25. The molecule has 0 heterocycles. The van der Waals surface area contributed by atoms with E-state index in [2.05, 4.69) is 5.32 Å². The molecule has 0 spiro atoms. The summed E-state index contributed by atoms with van der Waals surface area (Å²) >= 11 is 5.95. The minimum absolute atomic E-state index is 0.0197. The van der Waals surface area contributed by atoms with Gasteiger partial charge in [0.25, 0.3) is 0 Å². The van der Waals surface area contributed by atoms with Crippen molar-refractivity contribution in [3.8, 4) is 0 Å². The van der Waals surface area contributed by atoms with Gasteiger partial charge in [0.15, 0.2) is 0 Å². The van der Waals surface area contributed by atoms with Crippen molar-refractivity contribution in [1.29, 1.82) is 0 Å². The van der Waals surface area contributed by atoms with Gasteiger partial charge in [0, 0.05) is 12.7 Å². The molecule has 0 saturated heterocycles. The fraction of sp³-hybridized carbons (Fsp3) is 0.235. The van der Waals surface area contributed by atoms with E-state index in [1.165, 1.54) is 19.2 Å². The normalized spacial score (nSPS) is 11.5. The van der Waals surface area contributed by atoms with Crippen molar-refractivity contribution in [3.63, 3.8) is 0 Å². The van der Waals surface area contributed by atoms with Crippen molar-refractivity contribution in [2.24, 2.45) is 0 Å². The van der Waals surface area contributed by atoms with E-state index >= 15 is 0 Å². The molecule has 0 aliphatic rings. The van der Waals surface area contributed by atoms with E-state index in [-0.39, 0.29) is 16.5 Å². The van der Waals surface area contributed by atoms with E-state index in [1.807, 2.05) is 26.0 Å². The molecule has 5 nitrogen and oxygen atoms in total. The molecule has 2 rings (SSSR count). The third kappa shape index (κ3) is 3.95. The maximum Gasteiger partial charge on any atom is 0.244 e. The number of sulfonamides is 1. The smallest absolute Gasteiger partial charge is 0.244 e. The molecule has 0 unspecified atom stereocenters. The number of anilines is 1. The van der Waals surface area contributed by atoms with Crippen LogP contribution in [0.4, 0.5) is 5.69 Å². The molecule has 2 aromatic rings. The molecule has 1 N–H and O–H groups in total. The lowest BCUT2D eigenvalue weighted by atomic mass is 10.1. The molecule has 128 valence electrons. The van der Waals surface area contributed by atoms with Crippen molar-refractivity contribution in [3.05, 3.63) is 58.6 Å². The Hall–Kier alpha value is -1.89. The van der Waals surface area contributed by atoms with Crippen LogP contribution in [0.25, 0.3) is 0 Å². The lowest BCUT2D eigenvalue weighted by molar-refractivity contribution is -0.116. The monoisotopic (exact) mass is 366 g/mol. The van der Waals surface area contributed by atoms with Gasteiger partial charge in [-0.1, -0.05) is 35.9 Å². The Balaban J connectivity index is 2.14. The first-order valence-corrected chi connectivity index (χ1v) is 9.12. The molecular weight excluding hydrogens is 348 g/mol. The molecule has 0 aliphatic carbocycles. The first-order valence-electron chi connectivity index (χ1n) is 7.30. The van der Waals surface area contributed by atoms with E-state index in [1.54, 1.807) is 18.2 Å². The van der Waals surface area contributed by atoms with Crippen LogP contribution in [0.15, 0.2) is 47.4 Å². The number of nitrogens with zero attached hydrogens (tertiary/aromatic N) is 1. The molecule has 7 heteroatoms. The molecule has 1 amide bonds. The number of benzene rings is 2. The molecule has 0 aliphatic heterocycles. The summed E-state index contributed by atoms with van der Waals surface area (Å²) in [4.78, 5) is 12.2. The Labute approximate surface area is 147 Å². The largest absolute Gasteiger partial charge is 0.325 e. The van der Waals surface area contributed by atoms with Crippen molar-refractivity contribution in [2.45, 2.75) is 18.7 Å². The Morgan fingerprint density at radius 1 is 1.12 bits per heavy atom. The molecule has 0 bridgehead atoms. The summed E-state index contributed by atoms with van der Waals surface area (Å²) in [6, 6.07) is 11.7. The lowest BCUT2D eigenvalue weighted by Crippen LogP contribution is -2.35. The van der Waals surface area contributed by atoms with Crippen LogP contribution in [-0.4, -0.2) is 32.2 Å². The highest BCUT2D eigenvalue weighted by Crippen LogP contribution is 2.23. The summed E-state index contributed by atoms with van der Waals surface area (Å²) < 4.78 is 26.0. The van der Waals surface area contributed by atoms with Crippen molar-refractivity contribution < 1.29 is 13.2 Å². The second-order valence-corrected chi connectivity index (χ2v) is 7.91. The second-order valence-electron chi connectivity index (χ2n) is 5.49. The Bertz CT molecular complexity index is 866.